The molecular formula is C13H18N2O2. The van der Waals surface area contributed by atoms with Gasteiger partial charge in [-0.2, -0.15) is 0 Å². The summed E-state index contributed by atoms with van der Waals surface area (Å²) in [4.78, 5) is 11.5. The summed E-state index contributed by atoms with van der Waals surface area (Å²) in [6, 6.07) is 9.58. The SMILES string of the molecule is CC(C)(C)OC(=O)N(N)C=Cc1ccccc1. The highest BCUT2D eigenvalue weighted by atomic mass is 16.6. The average Bonchev–Trinajstić information content (AvgIpc) is 2.25. The van der Waals surface area contributed by atoms with Crippen molar-refractivity contribution >= 4 is 12.2 Å². The molecule has 1 rings (SSSR count). The van der Waals surface area contributed by atoms with Gasteiger partial charge in [-0.25, -0.2) is 15.6 Å². The highest BCUT2D eigenvalue weighted by Gasteiger charge is 2.18. The van der Waals surface area contributed by atoms with Gasteiger partial charge in [0.05, 0.1) is 0 Å². The van der Waals surface area contributed by atoms with Crippen LogP contribution in [-0.2, 0) is 4.74 Å². The molecule has 1 aromatic rings. The van der Waals surface area contributed by atoms with E-state index in [4.69, 9.17) is 10.6 Å². The number of carbonyl (C=O) groups excluding carboxylic acids is 1. The van der Waals surface area contributed by atoms with Crippen molar-refractivity contribution < 1.29 is 9.53 Å². The molecule has 0 aliphatic carbocycles. The molecule has 0 fully saturated rings. The number of hydrogen-bond donors (Lipinski definition) is 1. The summed E-state index contributed by atoms with van der Waals surface area (Å²) in [5.41, 5.74) is 0.418. The Morgan fingerprint density at radius 3 is 2.41 bits per heavy atom. The summed E-state index contributed by atoms with van der Waals surface area (Å²) < 4.78 is 5.10. The van der Waals surface area contributed by atoms with E-state index in [1.165, 1.54) is 6.20 Å². The number of hydrazine groups is 1. The van der Waals surface area contributed by atoms with Crippen LogP contribution in [0, 0.1) is 0 Å². The molecule has 0 unspecified atom stereocenters. The molecule has 0 atom stereocenters. The smallest absolute Gasteiger partial charge is 0.428 e. The first-order chi connectivity index (χ1) is 7.88. The Hall–Kier alpha value is -1.81. The summed E-state index contributed by atoms with van der Waals surface area (Å²) in [5.74, 6) is 5.54. The normalized spacial score (nSPS) is 11.5. The van der Waals surface area contributed by atoms with Crippen molar-refractivity contribution in [1.82, 2.24) is 5.01 Å². The van der Waals surface area contributed by atoms with E-state index in [2.05, 4.69) is 0 Å². The van der Waals surface area contributed by atoms with E-state index >= 15 is 0 Å². The summed E-state index contributed by atoms with van der Waals surface area (Å²) in [6.45, 7) is 5.37. The molecule has 0 spiro atoms. The van der Waals surface area contributed by atoms with E-state index in [0.29, 0.717) is 0 Å². The predicted octanol–water partition coefficient (Wildman–Crippen LogP) is 2.77. The summed E-state index contributed by atoms with van der Waals surface area (Å²) in [6.07, 6.45) is 2.64. The molecular weight excluding hydrogens is 216 g/mol. The lowest BCUT2D eigenvalue weighted by Gasteiger charge is -2.22. The Morgan fingerprint density at radius 1 is 1.29 bits per heavy atom. The molecule has 0 radical (unpaired) electrons. The number of ether oxygens (including phenoxy) is 1. The molecule has 4 nitrogen and oxygen atoms in total. The molecule has 1 amide bonds. The monoisotopic (exact) mass is 234 g/mol. The van der Waals surface area contributed by atoms with Crippen LogP contribution in [0.25, 0.3) is 6.08 Å². The third-order valence-corrected chi connectivity index (χ3v) is 1.83. The van der Waals surface area contributed by atoms with E-state index in [1.807, 2.05) is 30.3 Å². The van der Waals surface area contributed by atoms with Crippen molar-refractivity contribution in [3.63, 3.8) is 0 Å². The summed E-state index contributed by atoms with van der Waals surface area (Å²) in [5, 5.41) is 0.929. The number of amides is 1. The fraction of sp³-hybridized carbons (Fsp3) is 0.308. The van der Waals surface area contributed by atoms with E-state index in [9.17, 15) is 4.79 Å². The Bertz CT molecular complexity index is 394. The number of benzene rings is 1. The Kier molecular flexibility index (Phi) is 4.29. The molecule has 17 heavy (non-hydrogen) atoms. The molecule has 4 heteroatoms. The first-order valence-corrected chi connectivity index (χ1v) is 5.39. The van der Waals surface area contributed by atoms with E-state index in [-0.39, 0.29) is 0 Å². The second-order valence-electron chi connectivity index (χ2n) is 4.61. The van der Waals surface area contributed by atoms with Gasteiger partial charge >= 0.3 is 6.09 Å². The topological polar surface area (TPSA) is 55.6 Å². The van der Waals surface area contributed by atoms with Gasteiger partial charge in [-0.3, -0.25) is 0 Å². The van der Waals surface area contributed by atoms with Crippen molar-refractivity contribution in [2.75, 3.05) is 0 Å². The van der Waals surface area contributed by atoms with Gasteiger partial charge in [0.1, 0.15) is 5.60 Å². The van der Waals surface area contributed by atoms with Crippen LogP contribution in [0.3, 0.4) is 0 Å². The number of nitrogens with zero attached hydrogens (tertiary/aromatic N) is 1. The van der Waals surface area contributed by atoms with Gasteiger partial charge in [-0.05, 0) is 32.4 Å². The lowest BCUT2D eigenvalue weighted by molar-refractivity contribution is 0.0335. The van der Waals surface area contributed by atoms with Crippen LogP contribution in [0.4, 0.5) is 4.79 Å². The third kappa shape index (κ3) is 5.17. The second-order valence-corrected chi connectivity index (χ2v) is 4.61. The quantitative estimate of drug-likeness (QED) is 0.486. The van der Waals surface area contributed by atoms with Crippen molar-refractivity contribution in [2.24, 2.45) is 5.84 Å². The molecule has 2 N–H and O–H groups in total. The zero-order valence-corrected chi connectivity index (χ0v) is 10.4. The van der Waals surface area contributed by atoms with E-state index < -0.39 is 11.7 Å². The number of nitrogens with two attached hydrogens (primary N) is 1. The molecule has 0 saturated carbocycles. The van der Waals surface area contributed by atoms with Crippen molar-refractivity contribution in [1.29, 1.82) is 0 Å². The highest BCUT2D eigenvalue weighted by Crippen LogP contribution is 2.09. The lowest BCUT2D eigenvalue weighted by atomic mass is 10.2. The van der Waals surface area contributed by atoms with Crippen LogP contribution < -0.4 is 5.84 Å². The zero-order valence-electron chi connectivity index (χ0n) is 10.4. The predicted molar refractivity (Wildman–Crippen MR) is 67.7 cm³/mol. The minimum Gasteiger partial charge on any atom is -0.443 e. The van der Waals surface area contributed by atoms with E-state index in [1.54, 1.807) is 26.8 Å². The number of carbonyl (C=O) groups is 1. The average molecular weight is 234 g/mol. The van der Waals surface area contributed by atoms with Gasteiger partial charge in [-0.15, -0.1) is 0 Å². The van der Waals surface area contributed by atoms with E-state index in [0.717, 1.165) is 10.6 Å². The third-order valence-electron chi connectivity index (χ3n) is 1.83. The Balaban J connectivity index is 2.58. The van der Waals surface area contributed by atoms with Gasteiger partial charge in [0, 0.05) is 6.20 Å². The van der Waals surface area contributed by atoms with Crippen LogP contribution in [0.1, 0.15) is 26.3 Å². The van der Waals surface area contributed by atoms with Gasteiger partial charge in [0.15, 0.2) is 0 Å². The molecule has 1 aromatic carbocycles. The lowest BCUT2D eigenvalue weighted by Crippen LogP contribution is -2.37. The first-order valence-electron chi connectivity index (χ1n) is 5.39. The number of rotatable bonds is 2. The fourth-order valence-electron chi connectivity index (χ4n) is 1.11. The Morgan fingerprint density at radius 2 is 1.88 bits per heavy atom. The van der Waals surface area contributed by atoms with Gasteiger partial charge in [0.25, 0.3) is 0 Å². The van der Waals surface area contributed by atoms with Crippen molar-refractivity contribution in [3.05, 3.63) is 42.1 Å². The van der Waals surface area contributed by atoms with Gasteiger partial charge in [-0.1, -0.05) is 30.3 Å². The molecule has 92 valence electrons. The molecule has 0 aliphatic heterocycles. The molecule has 0 aromatic heterocycles. The summed E-state index contributed by atoms with van der Waals surface area (Å²) >= 11 is 0. The number of hydrogen-bond acceptors (Lipinski definition) is 3. The van der Waals surface area contributed by atoms with Crippen LogP contribution in [0.5, 0.6) is 0 Å². The standard InChI is InChI=1S/C13H18N2O2/c1-13(2,3)17-12(16)15(14)10-9-11-7-5-4-6-8-11/h4-10H,14H2,1-3H3. The van der Waals surface area contributed by atoms with Crippen molar-refractivity contribution in [3.8, 4) is 0 Å². The van der Waals surface area contributed by atoms with Crippen LogP contribution in [0.2, 0.25) is 0 Å². The largest absolute Gasteiger partial charge is 0.443 e. The highest BCUT2D eigenvalue weighted by molar-refractivity contribution is 5.69. The second kappa shape index (κ2) is 5.50. The van der Waals surface area contributed by atoms with Crippen molar-refractivity contribution in [2.45, 2.75) is 26.4 Å². The van der Waals surface area contributed by atoms with Gasteiger partial charge < -0.3 is 4.74 Å². The maximum Gasteiger partial charge on any atom is 0.428 e. The first kappa shape index (κ1) is 13.3. The van der Waals surface area contributed by atoms with Crippen LogP contribution >= 0.6 is 0 Å². The molecule has 0 aliphatic rings. The maximum atomic E-state index is 11.5. The fourth-order valence-corrected chi connectivity index (χ4v) is 1.11. The molecule has 0 saturated heterocycles. The van der Waals surface area contributed by atoms with Crippen LogP contribution in [0.15, 0.2) is 36.5 Å². The Labute approximate surface area is 102 Å². The minimum absolute atomic E-state index is 0.546. The summed E-state index contributed by atoms with van der Waals surface area (Å²) in [7, 11) is 0. The molecule has 0 bridgehead atoms. The zero-order chi connectivity index (χ0) is 12.9. The minimum atomic E-state index is -0.579. The maximum absolute atomic E-state index is 11.5. The molecule has 0 heterocycles. The van der Waals surface area contributed by atoms with Gasteiger partial charge in [0.2, 0.25) is 0 Å². The van der Waals surface area contributed by atoms with Crippen LogP contribution in [-0.4, -0.2) is 16.7 Å².